The highest BCUT2D eigenvalue weighted by atomic mass is 35.5. The van der Waals surface area contributed by atoms with Crippen LogP contribution in [-0.2, 0) is 7.05 Å². The zero-order valence-corrected chi connectivity index (χ0v) is 12.7. The maximum Gasteiger partial charge on any atom is 0.272 e. The van der Waals surface area contributed by atoms with E-state index in [-0.39, 0.29) is 5.91 Å². The Morgan fingerprint density at radius 1 is 1.05 bits per heavy atom. The van der Waals surface area contributed by atoms with Gasteiger partial charge in [-0.1, -0.05) is 35.3 Å². The molecule has 1 heterocycles. The third kappa shape index (κ3) is 2.75. The Kier molecular flexibility index (Phi) is 3.62. The second-order valence-corrected chi connectivity index (χ2v) is 5.63. The van der Waals surface area contributed by atoms with E-state index in [1.54, 1.807) is 24.3 Å². The summed E-state index contributed by atoms with van der Waals surface area (Å²) in [4.78, 5) is 12.4. The maximum atomic E-state index is 12.4. The average Bonchev–Trinajstić information content (AvgIpc) is 2.76. The lowest BCUT2D eigenvalue weighted by molar-refractivity contribution is 0.102. The molecule has 1 amide bonds. The molecule has 3 aromatic rings. The standard InChI is InChI=1S/C16H12Cl2N2O/c1-20-14-9-12(18)6-5-10(14)7-15(20)16(21)19-13-4-2-3-11(17)8-13/h2-9H,1H3,(H,19,21). The Bertz CT molecular complexity index is 839. The highest BCUT2D eigenvalue weighted by Gasteiger charge is 2.13. The van der Waals surface area contributed by atoms with Crippen LogP contribution in [0, 0.1) is 0 Å². The van der Waals surface area contributed by atoms with Crippen molar-refractivity contribution in [2.24, 2.45) is 7.05 Å². The lowest BCUT2D eigenvalue weighted by Gasteiger charge is -2.07. The number of aryl methyl sites for hydroxylation is 1. The third-order valence-corrected chi connectivity index (χ3v) is 3.79. The van der Waals surface area contributed by atoms with Gasteiger partial charge in [0.1, 0.15) is 5.69 Å². The number of fused-ring (bicyclic) bond motifs is 1. The number of aromatic nitrogens is 1. The predicted molar refractivity (Wildman–Crippen MR) is 87.3 cm³/mol. The van der Waals surface area contributed by atoms with E-state index in [0.29, 0.717) is 21.4 Å². The van der Waals surface area contributed by atoms with Gasteiger partial charge in [-0.05, 0) is 36.4 Å². The van der Waals surface area contributed by atoms with Gasteiger partial charge < -0.3 is 9.88 Å². The predicted octanol–water partition coefficient (Wildman–Crippen LogP) is 4.74. The number of nitrogens with zero attached hydrogens (tertiary/aromatic N) is 1. The van der Waals surface area contributed by atoms with Gasteiger partial charge in [0.2, 0.25) is 0 Å². The fourth-order valence-electron chi connectivity index (χ4n) is 2.28. The second kappa shape index (κ2) is 5.43. The fourth-order valence-corrected chi connectivity index (χ4v) is 2.64. The molecule has 0 aliphatic heterocycles. The number of carbonyl (C=O) groups is 1. The van der Waals surface area contributed by atoms with Gasteiger partial charge >= 0.3 is 0 Å². The summed E-state index contributed by atoms with van der Waals surface area (Å²) in [5.74, 6) is -0.188. The topological polar surface area (TPSA) is 34.0 Å². The highest BCUT2D eigenvalue weighted by Crippen LogP contribution is 2.23. The van der Waals surface area contributed by atoms with E-state index in [9.17, 15) is 4.79 Å². The van der Waals surface area contributed by atoms with Crippen LogP contribution in [0.2, 0.25) is 10.0 Å². The lowest BCUT2D eigenvalue weighted by atomic mass is 10.2. The molecule has 0 radical (unpaired) electrons. The monoisotopic (exact) mass is 318 g/mol. The van der Waals surface area contributed by atoms with Crippen LogP contribution in [0.25, 0.3) is 10.9 Å². The van der Waals surface area contributed by atoms with Gasteiger partial charge in [0.25, 0.3) is 5.91 Å². The minimum atomic E-state index is -0.188. The van der Waals surface area contributed by atoms with Crippen LogP contribution in [0.5, 0.6) is 0 Å². The van der Waals surface area contributed by atoms with Crippen LogP contribution >= 0.6 is 23.2 Å². The van der Waals surface area contributed by atoms with Crippen molar-refractivity contribution in [2.45, 2.75) is 0 Å². The number of anilines is 1. The van der Waals surface area contributed by atoms with Gasteiger partial charge in [-0.25, -0.2) is 0 Å². The van der Waals surface area contributed by atoms with Crippen LogP contribution in [0.3, 0.4) is 0 Å². The summed E-state index contributed by atoms with van der Waals surface area (Å²) in [6.45, 7) is 0. The molecule has 3 nitrogen and oxygen atoms in total. The first-order valence-electron chi connectivity index (χ1n) is 6.36. The highest BCUT2D eigenvalue weighted by molar-refractivity contribution is 6.31. The summed E-state index contributed by atoms with van der Waals surface area (Å²) in [6.07, 6.45) is 0. The molecule has 0 unspecified atom stereocenters. The van der Waals surface area contributed by atoms with Crippen molar-refractivity contribution in [3.63, 3.8) is 0 Å². The number of halogens is 2. The van der Waals surface area contributed by atoms with Gasteiger partial charge in [-0.3, -0.25) is 4.79 Å². The average molecular weight is 319 g/mol. The number of amides is 1. The van der Waals surface area contributed by atoms with Gasteiger partial charge in [0.15, 0.2) is 0 Å². The molecule has 0 aliphatic rings. The normalized spacial score (nSPS) is 10.8. The Morgan fingerprint density at radius 2 is 1.81 bits per heavy atom. The second-order valence-electron chi connectivity index (χ2n) is 4.76. The number of benzene rings is 2. The van der Waals surface area contributed by atoms with Gasteiger partial charge in [-0.2, -0.15) is 0 Å². The molecule has 1 N–H and O–H groups in total. The molecular weight excluding hydrogens is 307 g/mol. The number of rotatable bonds is 2. The first-order valence-corrected chi connectivity index (χ1v) is 7.12. The summed E-state index contributed by atoms with van der Waals surface area (Å²) in [7, 11) is 1.84. The molecule has 0 spiro atoms. The molecule has 106 valence electrons. The van der Waals surface area contributed by atoms with Crippen molar-refractivity contribution >= 4 is 45.7 Å². The molecule has 2 aromatic carbocycles. The summed E-state index contributed by atoms with van der Waals surface area (Å²) in [5, 5.41) is 5.03. The zero-order chi connectivity index (χ0) is 15.0. The van der Waals surface area contributed by atoms with Crippen molar-refractivity contribution in [3.8, 4) is 0 Å². The number of nitrogens with one attached hydrogen (secondary N) is 1. The molecule has 0 saturated heterocycles. The Labute approximate surface area is 132 Å². The molecule has 1 aromatic heterocycles. The fraction of sp³-hybridized carbons (Fsp3) is 0.0625. The van der Waals surface area contributed by atoms with Crippen LogP contribution in [0.4, 0.5) is 5.69 Å². The van der Waals surface area contributed by atoms with E-state index in [4.69, 9.17) is 23.2 Å². The molecule has 3 rings (SSSR count). The van der Waals surface area contributed by atoms with Crippen LogP contribution in [0.15, 0.2) is 48.5 Å². The molecule has 0 aliphatic carbocycles. The molecule has 5 heteroatoms. The van der Waals surface area contributed by atoms with Crippen LogP contribution < -0.4 is 5.32 Å². The van der Waals surface area contributed by atoms with E-state index in [0.717, 1.165) is 10.9 Å². The van der Waals surface area contributed by atoms with Gasteiger partial charge in [0.05, 0.1) is 0 Å². The van der Waals surface area contributed by atoms with E-state index in [2.05, 4.69) is 5.32 Å². The zero-order valence-electron chi connectivity index (χ0n) is 11.2. The SMILES string of the molecule is Cn1c(C(=O)Nc2cccc(Cl)c2)cc2ccc(Cl)cc21. The third-order valence-electron chi connectivity index (χ3n) is 3.32. The number of carbonyl (C=O) groups excluding carboxylic acids is 1. The molecular formula is C16H12Cl2N2O. The maximum absolute atomic E-state index is 12.4. The minimum absolute atomic E-state index is 0.188. The first kappa shape index (κ1) is 14.0. The molecule has 0 bridgehead atoms. The summed E-state index contributed by atoms with van der Waals surface area (Å²) >= 11 is 11.9. The Hall–Kier alpha value is -1.97. The van der Waals surface area contributed by atoms with E-state index >= 15 is 0 Å². The smallest absolute Gasteiger partial charge is 0.272 e. The van der Waals surface area contributed by atoms with Crippen LogP contribution in [0.1, 0.15) is 10.5 Å². The van der Waals surface area contributed by atoms with Crippen molar-refractivity contribution in [1.82, 2.24) is 4.57 Å². The van der Waals surface area contributed by atoms with Gasteiger partial charge in [0, 0.05) is 33.7 Å². The van der Waals surface area contributed by atoms with Crippen molar-refractivity contribution in [2.75, 3.05) is 5.32 Å². The molecule has 0 fully saturated rings. The van der Waals surface area contributed by atoms with Crippen molar-refractivity contribution in [3.05, 3.63) is 64.3 Å². The largest absolute Gasteiger partial charge is 0.340 e. The first-order chi connectivity index (χ1) is 10.0. The van der Waals surface area contributed by atoms with Crippen molar-refractivity contribution in [1.29, 1.82) is 0 Å². The van der Waals surface area contributed by atoms with E-state index in [1.807, 2.05) is 35.9 Å². The lowest BCUT2D eigenvalue weighted by Crippen LogP contribution is -2.15. The van der Waals surface area contributed by atoms with E-state index in [1.165, 1.54) is 0 Å². The summed E-state index contributed by atoms with van der Waals surface area (Å²) in [5.41, 5.74) is 2.14. The van der Waals surface area contributed by atoms with Crippen LogP contribution in [-0.4, -0.2) is 10.5 Å². The minimum Gasteiger partial charge on any atom is -0.340 e. The van der Waals surface area contributed by atoms with Crippen molar-refractivity contribution < 1.29 is 4.79 Å². The molecule has 0 saturated carbocycles. The number of hydrogen-bond acceptors (Lipinski definition) is 1. The molecule has 0 atom stereocenters. The quantitative estimate of drug-likeness (QED) is 0.727. The molecule has 21 heavy (non-hydrogen) atoms. The summed E-state index contributed by atoms with van der Waals surface area (Å²) < 4.78 is 1.82. The Balaban J connectivity index is 1.96. The Morgan fingerprint density at radius 3 is 2.57 bits per heavy atom. The van der Waals surface area contributed by atoms with Gasteiger partial charge in [-0.15, -0.1) is 0 Å². The van der Waals surface area contributed by atoms with E-state index < -0.39 is 0 Å². The number of hydrogen-bond donors (Lipinski definition) is 1. The summed E-state index contributed by atoms with van der Waals surface area (Å²) in [6, 6.07) is 14.4.